The average molecular weight is 378 g/mol. The number of aromatic hydroxyl groups is 1. The Morgan fingerprint density at radius 3 is 2.56 bits per heavy atom. The lowest BCUT2D eigenvalue weighted by Gasteiger charge is -2.05. The molecule has 0 aliphatic carbocycles. The van der Waals surface area contributed by atoms with Crippen LogP contribution in [-0.4, -0.2) is 25.3 Å². The first-order valence-electron chi connectivity index (χ1n) is 7.51. The molecule has 2 aromatic heterocycles. The number of carbonyl (C=O) groups is 1. The monoisotopic (exact) mass is 378 g/mol. The number of aromatic nitrogens is 2. The van der Waals surface area contributed by atoms with Crippen LogP contribution in [0.5, 0.6) is 5.88 Å². The highest BCUT2D eigenvalue weighted by Gasteiger charge is 2.20. The summed E-state index contributed by atoms with van der Waals surface area (Å²) in [6.07, 6.45) is 0.319. The van der Waals surface area contributed by atoms with Crippen LogP contribution >= 0.6 is 23.6 Å². The molecule has 1 aromatic carbocycles. The van der Waals surface area contributed by atoms with E-state index < -0.39 is 11.8 Å². The molecule has 2 N–H and O–H groups in total. The van der Waals surface area contributed by atoms with Gasteiger partial charge in [-0.05, 0) is 54.4 Å². The van der Waals surface area contributed by atoms with Crippen molar-refractivity contribution in [2.45, 2.75) is 19.4 Å². The van der Waals surface area contributed by atoms with Gasteiger partial charge in [-0.15, -0.1) is 11.3 Å². The molecule has 0 saturated heterocycles. The second kappa shape index (κ2) is 7.20. The number of aryl methyl sites for hydroxylation is 1. The number of rotatable bonds is 6. The van der Waals surface area contributed by atoms with E-state index in [1.54, 1.807) is 15.9 Å². The highest BCUT2D eigenvalue weighted by atomic mass is 32.1. The minimum Gasteiger partial charge on any atom is -0.493 e. The Bertz CT molecular complexity index is 944. The highest BCUT2D eigenvalue weighted by Crippen LogP contribution is 2.27. The van der Waals surface area contributed by atoms with Crippen molar-refractivity contribution in [1.82, 2.24) is 9.13 Å². The number of thiophene rings is 1. The second-order valence-electron chi connectivity index (χ2n) is 5.42. The normalized spacial score (nSPS) is 10.9. The van der Waals surface area contributed by atoms with Crippen LogP contribution in [0.1, 0.15) is 10.6 Å². The Hall–Kier alpha value is -2.45. The fourth-order valence-corrected chi connectivity index (χ4v) is 3.72. The number of carboxylic acid groups (broad SMARTS) is 1. The Morgan fingerprint density at radius 2 is 1.96 bits per heavy atom. The lowest BCUT2D eigenvalue weighted by atomic mass is 10.3. The predicted octanol–water partition coefficient (Wildman–Crippen LogP) is 3.78. The number of benzene rings is 1. The first-order chi connectivity index (χ1) is 12.0. The van der Waals surface area contributed by atoms with E-state index in [2.05, 4.69) is 0 Å². The fourth-order valence-electron chi connectivity index (χ4n) is 2.62. The first kappa shape index (κ1) is 17.4. The van der Waals surface area contributed by atoms with Gasteiger partial charge in [0.1, 0.15) is 5.82 Å². The molecule has 0 atom stereocenters. The predicted molar refractivity (Wildman–Crippen MR) is 95.6 cm³/mol. The van der Waals surface area contributed by atoms with Crippen molar-refractivity contribution in [3.8, 4) is 11.6 Å². The van der Waals surface area contributed by atoms with E-state index in [-0.39, 0.29) is 22.8 Å². The molecule has 5 nitrogen and oxygen atoms in total. The smallest absolute Gasteiger partial charge is 0.309 e. The van der Waals surface area contributed by atoms with Crippen LogP contribution in [-0.2, 0) is 24.2 Å². The minimum atomic E-state index is -1.06. The number of nitrogens with zero attached hydrogens (tertiary/aromatic N) is 2. The molecule has 3 rings (SSSR count). The Morgan fingerprint density at radius 1 is 1.24 bits per heavy atom. The van der Waals surface area contributed by atoms with E-state index >= 15 is 0 Å². The van der Waals surface area contributed by atoms with Crippen LogP contribution in [0.15, 0.2) is 41.8 Å². The zero-order valence-electron chi connectivity index (χ0n) is 13.1. The third-order valence-corrected chi connectivity index (χ3v) is 5.12. The molecule has 0 spiro atoms. The minimum absolute atomic E-state index is 0.231. The fraction of sp³-hybridized carbons (Fsp3) is 0.176. The number of imidazole rings is 1. The van der Waals surface area contributed by atoms with E-state index in [0.717, 1.165) is 4.88 Å². The van der Waals surface area contributed by atoms with Gasteiger partial charge in [-0.1, -0.05) is 6.07 Å². The van der Waals surface area contributed by atoms with E-state index in [1.165, 1.54) is 28.8 Å². The van der Waals surface area contributed by atoms with Gasteiger partial charge in [-0.25, -0.2) is 4.39 Å². The van der Waals surface area contributed by atoms with E-state index in [0.29, 0.717) is 18.7 Å². The largest absolute Gasteiger partial charge is 0.493 e. The summed E-state index contributed by atoms with van der Waals surface area (Å²) in [5.41, 5.74) is 0.712. The van der Waals surface area contributed by atoms with Gasteiger partial charge < -0.3 is 14.8 Å². The van der Waals surface area contributed by atoms with Crippen molar-refractivity contribution in [1.29, 1.82) is 0 Å². The van der Waals surface area contributed by atoms with Gasteiger partial charge in [-0.2, -0.15) is 0 Å². The third-order valence-electron chi connectivity index (χ3n) is 3.78. The van der Waals surface area contributed by atoms with Crippen molar-refractivity contribution in [2.75, 3.05) is 0 Å². The van der Waals surface area contributed by atoms with Crippen molar-refractivity contribution < 1.29 is 19.4 Å². The zero-order chi connectivity index (χ0) is 18.0. The molecule has 0 bridgehead atoms. The van der Waals surface area contributed by atoms with Crippen LogP contribution in [0.25, 0.3) is 5.69 Å². The first-order valence-corrected chi connectivity index (χ1v) is 8.79. The Labute approximate surface area is 152 Å². The maximum atomic E-state index is 13.2. The molecular formula is C17H15FN2O3S2. The third kappa shape index (κ3) is 3.64. The number of halogens is 1. The zero-order valence-corrected chi connectivity index (χ0v) is 14.7. The molecule has 130 valence electrons. The molecule has 0 amide bonds. The van der Waals surface area contributed by atoms with Crippen molar-refractivity contribution in [3.05, 3.63) is 62.9 Å². The van der Waals surface area contributed by atoms with Crippen LogP contribution in [0, 0.1) is 10.6 Å². The summed E-state index contributed by atoms with van der Waals surface area (Å²) >= 11 is 7.05. The molecular weight excluding hydrogens is 363 g/mol. The molecule has 0 unspecified atom stereocenters. The van der Waals surface area contributed by atoms with Crippen LogP contribution in [0.3, 0.4) is 0 Å². The maximum Gasteiger partial charge on any atom is 0.309 e. The summed E-state index contributed by atoms with van der Waals surface area (Å²) in [5, 5.41) is 21.7. The van der Waals surface area contributed by atoms with Crippen molar-refractivity contribution in [3.63, 3.8) is 0 Å². The molecule has 0 aliphatic rings. The SMILES string of the molecule is O=C(O)Cc1c(O)n(-c2ccc(F)cc2)c(=S)n1CCc1cccs1. The van der Waals surface area contributed by atoms with Gasteiger partial charge in [0.2, 0.25) is 5.88 Å². The summed E-state index contributed by atoms with van der Waals surface area (Å²) in [4.78, 5) is 12.3. The van der Waals surface area contributed by atoms with Gasteiger partial charge in [0, 0.05) is 11.4 Å². The quantitative estimate of drug-likeness (QED) is 0.641. The molecule has 25 heavy (non-hydrogen) atoms. The molecule has 0 radical (unpaired) electrons. The molecule has 8 heteroatoms. The van der Waals surface area contributed by atoms with Gasteiger partial charge in [-0.3, -0.25) is 9.36 Å². The van der Waals surface area contributed by atoms with Crippen molar-refractivity contribution >= 4 is 29.5 Å². The molecule has 0 fully saturated rings. The van der Waals surface area contributed by atoms with Gasteiger partial charge in [0.15, 0.2) is 4.77 Å². The Balaban J connectivity index is 2.05. The number of hydrogen-bond acceptors (Lipinski definition) is 4. The Kier molecular flexibility index (Phi) is 5.00. The van der Waals surface area contributed by atoms with Crippen LogP contribution < -0.4 is 0 Å². The molecule has 0 aliphatic heterocycles. The summed E-state index contributed by atoms with van der Waals surface area (Å²) in [6, 6.07) is 9.42. The van der Waals surface area contributed by atoms with Gasteiger partial charge in [0.25, 0.3) is 0 Å². The topological polar surface area (TPSA) is 67.4 Å². The number of carboxylic acids is 1. The highest BCUT2D eigenvalue weighted by molar-refractivity contribution is 7.71. The van der Waals surface area contributed by atoms with Gasteiger partial charge in [0.05, 0.1) is 17.8 Å². The van der Waals surface area contributed by atoms with Crippen LogP contribution in [0.2, 0.25) is 0 Å². The summed E-state index contributed by atoms with van der Waals surface area (Å²) in [5.74, 6) is -1.70. The average Bonchev–Trinajstić information content (AvgIpc) is 3.15. The van der Waals surface area contributed by atoms with E-state index in [4.69, 9.17) is 17.3 Å². The van der Waals surface area contributed by atoms with E-state index in [9.17, 15) is 14.3 Å². The lowest BCUT2D eigenvalue weighted by molar-refractivity contribution is -0.136. The number of hydrogen-bond donors (Lipinski definition) is 2. The van der Waals surface area contributed by atoms with Crippen molar-refractivity contribution in [2.24, 2.45) is 0 Å². The van der Waals surface area contributed by atoms with E-state index in [1.807, 2.05) is 17.5 Å². The summed E-state index contributed by atoms with van der Waals surface area (Å²) < 4.78 is 16.4. The standard InChI is InChI=1S/C17H15FN2O3S2/c18-11-3-5-12(6-4-11)20-16(23)14(10-15(21)22)19(17(20)24)8-7-13-2-1-9-25-13/h1-6,9,23H,7-8,10H2,(H,21,22). The molecule has 0 saturated carbocycles. The maximum absolute atomic E-state index is 13.2. The summed E-state index contributed by atoms with van der Waals surface area (Å²) in [7, 11) is 0. The van der Waals surface area contributed by atoms with Gasteiger partial charge >= 0.3 is 5.97 Å². The molecule has 2 heterocycles. The summed E-state index contributed by atoms with van der Waals surface area (Å²) in [6.45, 7) is 0.448. The van der Waals surface area contributed by atoms with Crippen LogP contribution in [0.4, 0.5) is 4.39 Å². The lowest BCUT2D eigenvalue weighted by Crippen LogP contribution is -2.10. The number of aliphatic carboxylic acids is 1. The second-order valence-corrected chi connectivity index (χ2v) is 6.81. The molecule has 3 aromatic rings.